The summed E-state index contributed by atoms with van der Waals surface area (Å²) < 4.78 is 35.2. The van der Waals surface area contributed by atoms with Crippen LogP contribution in [0.1, 0.15) is 16.8 Å². The van der Waals surface area contributed by atoms with Crippen molar-refractivity contribution in [2.24, 2.45) is 0 Å². The lowest BCUT2D eigenvalue weighted by molar-refractivity contribution is 0.554. The minimum Gasteiger partial charge on any atom is -0.408 e. The van der Waals surface area contributed by atoms with Crippen LogP contribution in [0.2, 0.25) is 0 Å². The largest absolute Gasteiger partial charge is 0.417 e. The van der Waals surface area contributed by atoms with Gasteiger partial charge in [-0.3, -0.25) is 9.71 Å². The van der Waals surface area contributed by atoms with Crippen molar-refractivity contribution >= 4 is 37.8 Å². The zero-order valence-corrected chi connectivity index (χ0v) is 18.3. The molecule has 162 valence electrons. The van der Waals surface area contributed by atoms with Crippen molar-refractivity contribution in [2.45, 2.75) is 25.7 Å². The summed E-state index contributed by atoms with van der Waals surface area (Å²) in [6.45, 7) is 5.73. The van der Waals surface area contributed by atoms with Gasteiger partial charge in [-0.05, 0) is 50.1 Å². The van der Waals surface area contributed by atoms with Gasteiger partial charge in [-0.25, -0.2) is 18.2 Å². The van der Waals surface area contributed by atoms with Crippen LogP contribution in [0, 0.1) is 20.8 Å². The van der Waals surface area contributed by atoms with Crippen molar-refractivity contribution in [3.63, 3.8) is 0 Å². The summed E-state index contributed by atoms with van der Waals surface area (Å²) in [5, 5.41) is 5.48. The number of nitrogens with zero attached hydrogens (tertiary/aromatic N) is 3. The fraction of sp³-hybridized carbons (Fsp3) is 0.136. The molecule has 0 fully saturated rings. The average molecular weight is 449 g/mol. The third kappa shape index (κ3) is 3.34. The van der Waals surface area contributed by atoms with E-state index in [1.807, 2.05) is 38.1 Å². The van der Waals surface area contributed by atoms with Crippen LogP contribution in [0.3, 0.4) is 0 Å². The van der Waals surface area contributed by atoms with Crippen molar-refractivity contribution < 1.29 is 12.8 Å². The topological polar surface area (TPSA) is 123 Å². The first-order chi connectivity index (χ1) is 15.2. The highest BCUT2D eigenvalue weighted by Gasteiger charge is 2.20. The molecular weight excluding hydrogens is 430 g/mol. The molecule has 5 rings (SSSR count). The molecule has 5 aromatic rings. The van der Waals surface area contributed by atoms with Gasteiger partial charge >= 0.3 is 5.76 Å². The second kappa shape index (κ2) is 7.06. The van der Waals surface area contributed by atoms with E-state index in [0.717, 1.165) is 22.0 Å². The Balaban J connectivity index is 1.59. The Morgan fingerprint density at radius 3 is 2.66 bits per heavy atom. The predicted molar refractivity (Wildman–Crippen MR) is 121 cm³/mol. The van der Waals surface area contributed by atoms with Gasteiger partial charge in [0.15, 0.2) is 11.4 Å². The lowest BCUT2D eigenvalue weighted by Crippen LogP contribution is -2.16. The van der Waals surface area contributed by atoms with Gasteiger partial charge in [0, 0.05) is 17.5 Å². The molecule has 0 amide bonds. The summed E-state index contributed by atoms with van der Waals surface area (Å²) in [5.74, 6) is 0.101. The Kier molecular flexibility index (Phi) is 4.41. The SMILES string of the molecule is Cc1cc(NS(=O)(=O)c2ccc3[nH]c(=O)oc3c2)n(-c2cc(C)c3cccc(C)c3n2)n1. The minimum absolute atomic E-state index is 0.0448. The summed E-state index contributed by atoms with van der Waals surface area (Å²) in [4.78, 5) is 18.6. The molecule has 0 radical (unpaired) electrons. The van der Waals surface area contributed by atoms with Crippen molar-refractivity contribution in [3.8, 4) is 5.82 Å². The normalized spacial score (nSPS) is 12.0. The summed E-state index contributed by atoms with van der Waals surface area (Å²) in [6, 6.07) is 13.6. The second-order valence-corrected chi connectivity index (χ2v) is 9.31. The molecule has 0 aliphatic rings. The highest BCUT2D eigenvalue weighted by Crippen LogP contribution is 2.26. The smallest absolute Gasteiger partial charge is 0.408 e. The molecule has 0 atom stereocenters. The van der Waals surface area contributed by atoms with E-state index in [0.29, 0.717) is 17.0 Å². The van der Waals surface area contributed by atoms with E-state index in [4.69, 9.17) is 9.40 Å². The lowest BCUT2D eigenvalue weighted by atomic mass is 10.1. The molecule has 9 nitrogen and oxygen atoms in total. The Bertz CT molecular complexity index is 1680. The molecule has 0 bridgehead atoms. The quantitative estimate of drug-likeness (QED) is 0.432. The molecule has 0 spiro atoms. The average Bonchev–Trinajstić information content (AvgIpc) is 3.28. The second-order valence-electron chi connectivity index (χ2n) is 7.63. The van der Waals surface area contributed by atoms with Crippen LogP contribution in [-0.4, -0.2) is 28.2 Å². The van der Waals surface area contributed by atoms with E-state index < -0.39 is 15.8 Å². The van der Waals surface area contributed by atoms with Crippen LogP contribution < -0.4 is 10.5 Å². The van der Waals surface area contributed by atoms with Gasteiger partial charge in [0.25, 0.3) is 10.0 Å². The number of fused-ring (bicyclic) bond motifs is 2. The number of rotatable bonds is 4. The van der Waals surface area contributed by atoms with E-state index in [2.05, 4.69) is 14.8 Å². The zero-order chi connectivity index (χ0) is 22.6. The molecule has 0 aliphatic heterocycles. The van der Waals surface area contributed by atoms with Gasteiger partial charge in [0.2, 0.25) is 0 Å². The van der Waals surface area contributed by atoms with Crippen molar-refractivity contribution in [2.75, 3.05) is 4.72 Å². The number of aromatic nitrogens is 4. The molecule has 0 saturated heterocycles. The maximum Gasteiger partial charge on any atom is 0.417 e. The Hall–Kier alpha value is -3.92. The number of oxazole rings is 1. The van der Waals surface area contributed by atoms with Crippen LogP contribution in [0.5, 0.6) is 0 Å². The molecule has 0 saturated carbocycles. The van der Waals surface area contributed by atoms with Gasteiger partial charge in [-0.2, -0.15) is 9.78 Å². The number of sulfonamides is 1. The van der Waals surface area contributed by atoms with E-state index in [9.17, 15) is 13.2 Å². The van der Waals surface area contributed by atoms with Crippen LogP contribution in [0.15, 0.2) is 62.6 Å². The molecule has 10 heteroatoms. The predicted octanol–water partition coefficient (Wildman–Crippen LogP) is 3.58. The van der Waals surface area contributed by atoms with Crippen LogP contribution in [0.25, 0.3) is 27.8 Å². The van der Waals surface area contributed by atoms with Gasteiger partial charge in [-0.1, -0.05) is 18.2 Å². The fourth-order valence-electron chi connectivity index (χ4n) is 3.69. The molecule has 2 aromatic carbocycles. The first kappa shape index (κ1) is 20.0. The number of hydrogen-bond donors (Lipinski definition) is 2. The van der Waals surface area contributed by atoms with Crippen LogP contribution >= 0.6 is 0 Å². The van der Waals surface area contributed by atoms with Crippen molar-refractivity contribution in [3.05, 3.63) is 75.9 Å². The van der Waals surface area contributed by atoms with Crippen molar-refractivity contribution in [1.82, 2.24) is 19.7 Å². The molecule has 0 unspecified atom stereocenters. The molecule has 3 heterocycles. The summed E-state index contributed by atoms with van der Waals surface area (Å²) in [7, 11) is -3.99. The zero-order valence-electron chi connectivity index (χ0n) is 17.5. The van der Waals surface area contributed by atoms with Crippen LogP contribution in [0.4, 0.5) is 5.82 Å². The van der Waals surface area contributed by atoms with Crippen molar-refractivity contribution in [1.29, 1.82) is 0 Å². The Morgan fingerprint density at radius 1 is 1.03 bits per heavy atom. The number of H-pyrrole nitrogens is 1. The van der Waals surface area contributed by atoms with E-state index in [1.54, 1.807) is 13.0 Å². The van der Waals surface area contributed by atoms with E-state index in [-0.39, 0.29) is 16.3 Å². The van der Waals surface area contributed by atoms with Crippen LogP contribution in [-0.2, 0) is 10.0 Å². The summed E-state index contributed by atoms with van der Waals surface area (Å²) in [5.41, 5.74) is 4.05. The van der Waals surface area contributed by atoms with Gasteiger partial charge in [0.1, 0.15) is 5.82 Å². The highest BCUT2D eigenvalue weighted by atomic mass is 32.2. The summed E-state index contributed by atoms with van der Waals surface area (Å²) in [6.07, 6.45) is 0. The molecule has 32 heavy (non-hydrogen) atoms. The number of pyridine rings is 1. The minimum atomic E-state index is -3.99. The maximum absolute atomic E-state index is 13.1. The molecular formula is C22H19N5O4S. The molecule has 2 N–H and O–H groups in total. The fourth-order valence-corrected chi connectivity index (χ4v) is 4.74. The standard InChI is InChI=1S/C22H19N5O4S/c1-12-5-4-6-16-13(2)9-19(24-21(12)16)27-20(10-14(3)25-27)26-32(29,30)15-7-8-17-18(11-15)31-22(28)23-17/h4-11,26H,1-3H3,(H,23,28). The number of aryl methyl sites for hydroxylation is 3. The Morgan fingerprint density at radius 2 is 1.84 bits per heavy atom. The summed E-state index contributed by atoms with van der Waals surface area (Å²) >= 11 is 0. The molecule has 0 aliphatic carbocycles. The van der Waals surface area contributed by atoms with Gasteiger partial charge < -0.3 is 4.42 Å². The number of anilines is 1. The Labute approximate surface area is 182 Å². The first-order valence-electron chi connectivity index (χ1n) is 9.81. The van der Waals surface area contributed by atoms with Gasteiger partial charge in [0.05, 0.1) is 21.6 Å². The maximum atomic E-state index is 13.1. The monoisotopic (exact) mass is 449 g/mol. The molecule has 3 aromatic heterocycles. The highest BCUT2D eigenvalue weighted by molar-refractivity contribution is 7.92. The number of benzene rings is 2. The number of aromatic amines is 1. The number of para-hydroxylation sites is 1. The number of nitrogens with one attached hydrogen (secondary N) is 2. The number of hydrogen-bond acceptors (Lipinski definition) is 6. The van der Waals surface area contributed by atoms with E-state index >= 15 is 0 Å². The third-order valence-corrected chi connectivity index (χ3v) is 6.58. The van der Waals surface area contributed by atoms with E-state index in [1.165, 1.54) is 22.9 Å². The third-order valence-electron chi connectivity index (χ3n) is 5.22. The first-order valence-corrected chi connectivity index (χ1v) is 11.3. The lowest BCUT2D eigenvalue weighted by Gasteiger charge is -2.12. The van der Waals surface area contributed by atoms with Gasteiger partial charge in [-0.15, -0.1) is 0 Å².